The first-order valence-electron chi connectivity index (χ1n) is 11.4. The summed E-state index contributed by atoms with van der Waals surface area (Å²) in [5.41, 5.74) is 4.94. The molecule has 0 fully saturated rings. The van der Waals surface area contributed by atoms with E-state index in [9.17, 15) is 4.79 Å². The van der Waals surface area contributed by atoms with Crippen molar-refractivity contribution < 1.29 is 28.5 Å². The Morgan fingerprint density at radius 1 is 0.517 bits per heavy atom. The predicted octanol–water partition coefficient (Wildman–Crippen LogP) is 3.48. The molecule has 0 saturated carbocycles. The second-order valence-corrected chi connectivity index (χ2v) is 7.15. The lowest BCUT2D eigenvalue weighted by Gasteiger charge is -2.08. The van der Waals surface area contributed by atoms with Gasteiger partial charge in [0, 0.05) is 6.61 Å². The number of nitrogens with two attached hydrogens (primary N) is 1. The first kappa shape index (κ1) is 28.3. The van der Waals surface area contributed by atoms with Gasteiger partial charge in [-0.25, -0.2) is 0 Å². The predicted molar refractivity (Wildman–Crippen MR) is 115 cm³/mol. The fraction of sp³-hybridized carbons (Fsp3) is 0.955. The van der Waals surface area contributed by atoms with Crippen LogP contribution in [-0.4, -0.2) is 72.0 Å². The summed E-state index contributed by atoms with van der Waals surface area (Å²) in [6.45, 7) is 7.14. The van der Waals surface area contributed by atoms with Crippen LogP contribution in [0.3, 0.4) is 0 Å². The van der Waals surface area contributed by atoms with Gasteiger partial charge in [-0.3, -0.25) is 4.79 Å². The van der Waals surface area contributed by atoms with Gasteiger partial charge in [0.2, 0.25) is 5.91 Å². The van der Waals surface area contributed by atoms with Crippen LogP contribution >= 0.6 is 0 Å². The fourth-order valence-electron chi connectivity index (χ4n) is 2.74. The molecule has 0 spiro atoms. The van der Waals surface area contributed by atoms with Crippen LogP contribution in [-0.2, 0) is 28.5 Å². The molecule has 29 heavy (non-hydrogen) atoms. The number of hydrogen-bond acceptors (Lipinski definition) is 6. The summed E-state index contributed by atoms with van der Waals surface area (Å²) in [4.78, 5) is 10.4. The summed E-state index contributed by atoms with van der Waals surface area (Å²) in [5, 5.41) is 0. The van der Waals surface area contributed by atoms with Gasteiger partial charge in [0.1, 0.15) is 6.61 Å². The van der Waals surface area contributed by atoms with Gasteiger partial charge in [-0.1, -0.05) is 64.7 Å². The smallest absolute Gasteiger partial charge is 0.243 e. The number of carbonyl (C=O) groups is 1. The second-order valence-electron chi connectivity index (χ2n) is 7.15. The summed E-state index contributed by atoms with van der Waals surface area (Å²) >= 11 is 0. The molecule has 7 nitrogen and oxygen atoms in total. The first-order chi connectivity index (χ1) is 14.3. The summed E-state index contributed by atoms with van der Waals surface area (Å²) in [5.74, 6) is -0.475. The van der Waals surface area contributed by atoms with Crippen LogP contribution in [0.4, 0.5) is 0 Å². The van der Waals surface area contributed by atoms with Gasteiger partial charge in [0.25, 0.3) is 0 Å². The van der Waals surface area contributed by atoms with Crippen LogP contribution in [0.15, 0.2) is 0 Å². The largest absolute Gasteiger partial charge is 0.379 e. The monoisotopic (exact) mass is 419 g/mol. The van der Waals surface area contributed by atoms with Gasteiger partial charge in [-0.05, 0) is 6.42 Å². The van der Waals surface area contributed by atoms with E-state index in [0.29, 0.717) is 52.9 Å². The summed E-state index contributed by atoms with van der Waals surface area (Å²) in [7, 11) is 0. The highest BCUT2D eigenvalue weighted by molar-refractivity contribution is 5.74. The van der Waals surface area contributed by atoms with E-state index in [1.807, 2.05) is 0 Å². The molecule has 0 aliphatic heterocycles. The molecule has 0 radical (unpaired) electrons. The van der Waals surface area contributed by atoms with Gasteiger partial charge in [0.15, 0.2) is 0 Å². The maximum atomic E-state index is 10.4. The standard InChI is InChI=1S/C22H45NO6/c1-2-3-4-5-6-7-8-9-10-11-12-25-13-14-26-15-16-27-17-18-28-19-20-29-21-22(23)24/h2-21H2,1H3,(H2,23,24). The third kappa shape index (κ3) is 27.3. The Balaban J connectivity index is 2.99. The number of carbonyl (C=O) groups excluding carboxylic acids is 1. The van der Waals surface area contributed by atoms with Crippen LogP contribution in [0.5, 0.6) is 0 Å². The van der Waals surface area contributed by atoms with Crippen LogP contribution in [0.25, 0.3) is 0 Å². The number of primary amides is 1. The normalized spacial score (nSPS) is 11.2. The Morgan fingerprint density at radius 2 is 0.862 bits per heavy atom. The molecule has 0 atom stereocenters. The Morgan fingerprint density at radius 3 is 1.28 bits per heavy atom. The molecule has 0 heterocycles. The molecule has 0 aromatic rings. The molecule has 0 aliphatic rings. The van der Waals surface area contributed by atoms with Gasteiger partial charge in [-0.2, -0.15) is 0 Å². The minimum Gasteiger partial charge on any atom is -0.379 e. The highest BCUT2D eigenvalue weighted by Gasteiger charge is 1.96. The fourth-order valence-corrected chi connectivity index (χ4v) is 2.74. The molecule has 0 aromatic carbocycles. The van der Waals surface area contributed by atoms with E-state index in [2.05, 4.69) is 6.92 Å². The van der Waals surface area contributed by atoms with Crippen LogP contribution < -0.4 is 5.73 Å². The first-order valence-corrected chi connectivity index (χ1v) is 11.4. The zero-order chi connectivity index (χ0) is 21.3. The van der Waals surface area contributed by atoms with E-state index in [1.165, 1.54) is 57.8 Å². The number of rotatable bonds is 25. The molecule has 0 aliphatic carbocycles. The molecule has 0 unspecified atom stereocenters. The molecule has 0 rings (SSSR count). The van der Waals surface area contributed by atoms with E-state index in [1.54, 1.807) is 0 Å². The number of unbranched alkanes of at least 4 members (excludes halogenated alkanes) is 9. The molecule has 0 aromatic heterocycles. The minimum absolute atomic E-state index is 0.0693. The topological polar surface area (TPSA) is 89.2 Å². The van der Waals surface area contributed by atoms with Crippen LogP contribution in [0.2, 0.25) is 0 Å². The number of amides is 1. The lowest BCUT2D eigenvalue weighted by molar-refractivity contribution is -0.123. The number of ether oxygens (including phenoxy) is 5. The van der Waals surface area contributed by atoms with Gasteiger partial charge >= 0.3 is 0 Å². The molecular formula is C22H45NO6. The maximum Gasteiger partial charge on any atom is 0.243 e. The Bertz CT molecular complexity index is 330. The summed E-state index contributed by atoms with van der Waals surface area (Å²) in [6, 6.07) is 0. The van der Waals surface area contributed by atoms with Crippen molar-refractivity contribution in [2.75, 3.05) is 66.1 Å². The maximum absolute atomic E-state index is 10.4. The SMILES string of the molecule is CCCCCCCCCCCCOCCOCCOCCOCCOCC(N)=O. The average molecular weight is 420 g/mol. The van der Waals surface area contributed by atoms with Crippen molar-refractivity contribution in [2.24, 2.45) is 5.73 Å². The van der Waals surface area contributed by atoms with Crippen LogP contribution in [0, 0.1) is 0 Å². The second kappa shape index (κ2) is 25.3. The highest BCUT2D eigenvalue weighted by Crippen LogP contribution is 2.10. The highest BCUT2D eigenvalue weighted by atomic mass is 16.6. The zero-order valence-corrected chi connectivity index (χ0v) is 18.7. The third-order valence-electron chi connectivity index (χ3n) is 4.37. The van der Waals surface area contributed by atoms with Crippen molar-refractivity contribution in [3.8, 4) is 0 Å². The van der Waals surface area contributed by atoms with Crippen molar-refractivity contribution in [3.63, 3.8) is 0 Å². The Kier molecular flexibility index (Phi) is 24.7. The van der Waals surface area contributed by atoms with Crippen LogP contribution in [0.1, 0.15) is 71.1 Å². The molecule has 7 heteroatoms. The van der Waals surface area contributed by atoms with Crippen molar-refractivity contribution >= 4 is 5.91 Å². The summed E-state index contributed by atoms with van der Waals surface area (Å²) < 4.78 is 26.7. The van der Waals surface area contributed by atoms with Gasteiger partial charge < -0.3 is 29.4 Å². The minimum atomic E-state index is -0.475. The Hall–Kier alpha value is -0.730. The molecule has 174 valence electrons. The molecule has 0 saturated heterocycles. The number of hydrogen-bond donors (Lipinski definition) is 1. The zero-order valence-electron chi connectivity index (χ0n) is 18.7. The van der Waals surface area contributed by atoms with Crippen molar-refractivity contribution in [1.29, 1.82) is 0 Å². The lowest BCUT2D eigenvalue weighted by Crippen LogP contribution is -2.20. The average Bonchev–Trinajstić information content (AvgIpc) is 2.71. The Labute approximate surface area is 177 Å². The van der Waals surface area contributed by atoms with Crippen molar-refractivity contribution in [3.05, 3.63) is 0 Å². The van der Waals surface area contributed by atoms with E-state index in [-0.39, 0.29) is 6.61 Å². The van der Waals surface area contributed by atoms with E-state index < -0.39 is 5.91 Å². The van der Waals surface area contributed by atoms with E-state index in [4.69, 9.17) is 29.4 Å². The van der Waals surface area contributed by atoms with E-state index >= 15 is 0 Å². The summed E-state index contributed by atoms with van der Waals surface area (Å²) in [6.07, 6.45) is 13.4. The van der Waals surface area contributed by atoms with Gasteiger partial charge in [0.05, 0.1) is 52.9 Å². The molecule has 0 bridgehead atoms. The molecule has 2 N–H and O–H groups in total. The van der Waals surface area contributed by atoms with Crippen molar-refractivity contribution in [2.45, 2.75) is 71.1 Å². The van der Waals surface area contributed by atoms with Crippen molar-refractivity contribution in [1.82, 2.24) is 0 Å². The van der Waals surface area contributed by atoms with Gasteiger partial charge in [-0.15, -0.1) is 0 Å². The third-order valence-corrected chi connectivity index (χ3v) is 4.37. The molecule has 1 amide bonds. The molecular weight excluding hydrogens is 374 g/mol. The van der Waals surface area contributed by atoms with E-state index in [0.717, 1.165) is 13.0 Å². The quantitative estimate of drug-likeness (QED) is 0.228. The lowest BCUT2D eigenvalue weighted by atomic mass is 10.1.